The molecule has 0 aromatic heterocycles. The van der Waals surface area contributed by atoms with Crippen LogP contribution in [0.2, 0.25) is 10.0 Å². The normalized spacial score (nSPS) is 26.7. The predicted octanol–water partition coefficient (Wildman–Crippen LogP) is 3.12. The predicted molar refractivity (Wildman–Crippen MR) is 84.7 cm³/mol. The molecular formula is C16H18Cl2NO3-. The number of carbonyl (C=O) groups excluding carboxylic acids is 2. The van der Waals surface area contributed by atoms with Crippen molar-refractivity contribution in [1.82, 2.24) is 0 Å². The van der Waals surface area contributed by atoms with Crippen LogP contribution in [0.25, 0.3) is 0 Å². The average molecular weight is 343 g/mol. The summed E-state index contributed by atoms with van der Waals surface area (Å²) in [4.78, 5) is 24.0. The molecule has 1 N–H and O–H groups in total. The first kappa shape index (κ1) is 17.1. The number of carboxylic acids is 1. The second-order valence-corrected chi connectivity index (χ2v) is 7.37. The smallest absolute Gasteiger partial charge is 0.228 e. The van der Waals surface area contributed by atoms with Crippen molar-refractivity contribution in [3.63, 3.8) is 0 Å². The Balaban J connectivity index is 2.20. The van der Waals surface area contributed by atoms with Crippen molar-refractivity contribution in [3.8, 4) is 0 Å². The Morgan fingerprint density at radius 2 is 1.86 bits per heavy atom. The highest BCUT2D eigenvalue weighted by molar-refractivity contribution is 6.42. The Morgan fingerprint density at radius 1 is 1.23 bits per heavy atom. The number of carbonyl (C=O) groups is 2. The number of rotatable bonds is 3. The summed E-state index contributed by atoms with van der Waals surface area (Å²) in [5, 5.41) is 15.0. The van der Waals surface area contributed by atoms with Crippen molar-refractivity contribution in [3.05, 3.63) is 28.2 Å². The van der Waals surface area contributed by atoms with Crippen molar-refractivity contribution in [2.75, 3.05) is 5.32 Å². The van der Waals surface area contributed by atoms with E-state index in [0.717, 1.165) is 0 Å². The van der Waals surface area contributed by atoms with Crippen LogP contribution in [0.1, 0.15) is 33.6 Å². The molecule has 0 saturated heterocycles. The molecule has 22 heavy (non-hydrogen) atoms. The molecule has 0 radical (unpaired) electrons. The molecule has 4 nitrogen and oxygen atoms in total. The van der Waals surface area contributed by atoms with Crippen LogP contribution in [-0.2, 0) is 9.59 Å². The Hall–Kier alpha value is -1.26. The van der Waals surface area contributed by atoms with Crippen LogP contribution >= 0.6 is 23.2 Å². The van der Waals surface area contributed by atoms with Crippen LogP contribution in [0, 0.1) is 16.7 Å². The number of amides is 1. The molecule has 1 aromatic rings. The van der Waals surface area contributed by atoms with Crippen LogP contribution in [0.3, 0.4) is 0 Å². The number of carboxylic acid groups (broad SMARTS) is 1. The van der Waals surface area contributed by atoms with Crippen LogP contribution < -0.4 is 10.4 Å². The van der Waals surface area contributed by atoms with Gasteiger partial charge in [-0.05, 0) is 36.5 Å². The number of aliphatic carboxylic acids is 1. The van der Waals surface area contributed by atoms with Crippen LogP contribution in [-0.4, -0.2) is 11.9 Å². The fraction of sp³-hybridized carbons (Fsp3) is 0.500. The van der Waals surface area contributed by atoms with E-state index in [1.54, 1.807) is 39.0 Å². The largest absolute Gasteiger partial charge is 0.550 e. The van der Waals surface area contributed by atoms with Crippen LogP contribution in [0.15, 0.2) is 18.2 Å². The highest BCUT2D eigenvalue weighted by Crippen LogP contribution is 2.55. The van der Waals surface area contributed by atoms with E-state index >= 15 is 0 Å². The lowest BCUT2D eigenvalue weighted by atomic mass is 9.65. The van der Waals surface area contributed by atoms with Gasteiger partial charge in [0, 0.05) is 23.0 Å². The SMILES string of the molecule is CC1(C)[C@@H](C(=O)Nc2ccc(Cl)c(Cl)c2)CC[C@@]1(C)C(=O)[O-]. The van der Waals surface area contributed by atoms with Crippen LogP contribution in [0.4, 0.5) is 5.69 Å². The molecule has 0 heterocycles. The molecule has 0 bridgehead atoms. The molecule has 6 heteroatoms. The van der Waals surface area contributed by atoms with Gasteiger partial charge in [-0.25, -0.2) is 0 Å². The Bertz CT molecular complexity index is 630. The second kappa shape index (κ2) is 5.74. The summed E-state index contributed by atoms with van der Waals surface area (Å²) in [6.07, 6.45) is 0.923. The highest BCUT2D eigenvalue weighted by atomic mass is 35.5. The lowest BCUT2D eigenvalue weighted by Gasteiger charge is -2.41. The summed E-state index contributed by atoms with van der Waals surface area (Å²) in [7, 11) is 0. The molecule has 2 atom stereocenters. The topological polar surface area (TPSA) is 69.2 Å². The minimum Gasteiger partial charge on any atom is -0.550 e. The fourth-order valence-corrected chi connectivity index (χ4v) is 3.43. The van der Waals surface area contributed by atoms with Crippen molar-refractivity contribution in [2.45, 2.75) is 33.6 Å². The van der Waals surface area contributed by atoms with Crippen LogP contribution in [0.5, 0.6) is 0 Å². The molecule has 0 unspecified atom stereocenters. The minimum atomic E-state index is -1.11. The molecule has 1 fully saturated rings. The number of nitrogens with one attached hydrogen (secondary N) is 1. The van der Waals surface area contributed by atoms with E-state index < -0.39 is 22.7 Å². The van der Waals surface area contributed by atoms with E-state index in [1.165, 1.54) is 0 Å². The minimum absolute atomic E-state index is 0.214. The van der Waals surface area contributed by atoms with E-state index in [-0.39, 0.29) is 5.91 Å². The van der Waals surface area contributed by atoms with Gasteiger partial charge < -0.3 is 15.2 Å². The van der Waals surface area contributed by atoms with Gasteiger partial charge in [0.05, 0.1) is 10.0 Å². The molecule has 1 saturated carbocycles. The molecule has 2 rings (SSSR count). The standard InChI is InChI=1S/C16H19Cl2NO3/c1-15(2)10(6-7-16(15,3)14(21)22)13(20)19-9-4-5-11(17)12(18)8-9/h4-5,8,10H,6-7H2,1-3H3,(H,19,20)(H,21,22)/p-1/t10-,16+/m1/s1. The molecule has 0 spiro atoms. The van der Waals surface area contributed by atoms with Crippen molar-refractivity contribution < 1.29 is 14.7 Å². The van der Waals surface area contributed by atoms with Crippen molar-refractivity contribution in [1.29, 1.82) is 0 Å². The first-order valence-electron chi connectivity index (χ1n) is 7.07. The van der Waals surface area contributed by atoms with Gasteiger partial charge in [0.15, 0.2) is 0 Å². The van der Waals surface area contributed by atoms with E-state index in [0.29, 0.717) is 28.6 Å². The summed E-state index contributed by atoms with van der Waals surface area (Å²) in [5.41, 5.74) is -1.18. The monoisotopic (exact) mass is 342 g/mol. The lowest BCUT2D eigenvalue weighted by Crippen LogP contribution is -2.49. The van der Waals surface area contributed by atoms with Gasteiger partial charge in [-0.3, -0.25) is 4.79 Å². The lowest BCUT2D eigenvalue weighted by molar-refractivity contribution is -0.323. The third-order valence-corrected chi connectivity index (χ3v) is 5.92. The number of halogens is 2. The summed E-state index contributed by atoms with van der Waals surface area (Å²) < 4.78 is 0. The zero-order chi connectivity index (χ0) is 16.7. The summed E-state index contributed by atoms with van der Waals surface area (Å²) >= 11 is 11.8. The maximum atomic E-state index is 12.5. The van der Waals surface area contributed by atoms with Gasteiger partial charge >= 0.3 is 0 Å². The Labute approximate surface area is 139 Å². The van der Waals surface area contributed by atoms with E-state index in [9.17, 15) is 14.7 Å². The zero-order valence-electron chi connectivity index (χ0n) is 12.7. The van der Waals surface area contributed by atoms with Crippen molar-refractivity contribution in [2.24, 2.45) is 16.7 Å². The second-order valence-electron chi connectivity index (χ2n) is 6.55. The summed E-state index contributed by atoms with van der Waals surface area (Å²) in [5.74, 6) is -1.74. The third-order valence-electron chi connectivity index (χ3n) is 5.18. The molecule has 1 aromatic carbocycles. The molecule has 1 aliphatic carbocycles. The first-order valence-corrected chi connectivity index (χ1v) is 7.82. The third kappa shape index (κ3) is 2.70. The molecule has 120 valence electrons. The van der Waals surface area contributed by atoms with Gasteiger partial charge in [0.2, 0.25) is 5.91 Å². The Morgan fingerprint density at radius 3 is 2.36 bits per heavy atom. The van der Waals surface area contributed by atoms with Gasteiger partial charge in [0.25, 0.3) is 0 Å². The molecule has 0 aliphatic heterocycles. The van der Waals surface area contributed by atoms with Gasteiger partial charge in [-0.15, -0.1) is 0 Å². The molecular weight excluding hydrogens is 325 g/mol. The van der Waals surface area contributed by atoms with Crippen molar-refractivity contribution >= 4 is 40.8 Å². The number of benzene rings is 1. The maximum absolute atomic E-state index is 12.5. The van der Waals surface area contributed by atoms with E-state index in [2.05, 4.69) is 5.32 Å². The maximum Gasteiger partial charge on any atom is 0.228 e. The molecule has 1 amide bonds. The number of hydrogen-bond donors (Lipinski definition) is 1. The first-order chi connectivity index (χ1) is 10.1. The van der Waals surface area contributed by atoms with E-state index in [1.807, 2.05) is 0 Å². The molecule has 1 aliphatic rings. The highest BCUT2D eigenvalue weighted by Gasteiger charge is 2.54. The van der Waals surface area contributed by atoms with Gasteiger partial charge in [0.1, 0.15) is 0 Å². The number of hydrogen-bond acceptors (Lipinski definition) is 3. The Kier molecular flexibility index (Phi) is 4.46. The zero-order valence-corrected chi connectivity index (χ0v) is 14.2. The van der Waals surface area contributed by atoms with Gasteiger partial charge in [-0.2, -0.15) is 0 Å². The average Bonchev–Trinajstić information content (AvgIpc) is 2.66. The summed E-state index contributed by atoms with van der Waals surface area (Å²) in [6.45, 7) is 5.25. The summed E-state index contributed by atoms with van der Waals surface area (Å²) in [6, 6.07) is 4.83. The fourth-order valence-electron chi connectivity index (χ4n) is 3.13. The van der Waals surface area contributed by atoms with E-state index in [4.69, 9.17) is 23.2 Å². The van der Waals surface area contributed by atoms with Gasteiger partial charge in [-0.1, -0.05) is 44.0 Å². The quantitative estimate of drug-likeness (QED) is 0.917. The number of anilines is 1.